The fourth-order valence-electron chi connectivity index (χ4n) is 1.55. The van der Waals surface area contributed by atoms with Crippen LogP contribution in [0.2, 0.25) is 0 Å². The van der Waals surface area contributed by atoms with E-state index in [9.17, 15) is 26.3 Å². The van der Waals surface area contributed by atoms with Gasteiger partial charge in [-0.05, 0) is 23.8 Å². The molecule has 0 aliphatic heterocycles. The molecule has 6 N–H and O–H groups in total. The molecule has 0 aliphatic rings. The van der Waals surface area contributed by atoms with Crippen molar-refractivity contribution in [3.05, 3.63) is 34.9 Å². The predicted octanol–water partition coefficient (Wildman–Crippen LogP) is -0.0704. The lowest BCUT2D eigenvalue weighted by atomic mass is 10.0. The van der Waals surface area contributed by atoms with Crippen molar-refractivity contribution in [1.29, 1.82) is 0 Å². The molecule has 124 valence electrons. The molecule has 0 bridgehead atoms. The summed E-state index contributed by atoms with van der Waals surface area (Å²) >= 11 is 0. The van der Waals surface area contributed by atoms with Gasteiger partial charge in [-0.25, -0.2) is 5.84 Å². The van der Waals surface area contributed by atoms with Gasteiger partial charge in [0.15, 0.2) is 0 Å². The van der Waals surface area contributed by atoms with Gasteiger partial charge >= 0.3 is 18.3 Å². The van der Waals surface area contributed by atoms with Crippen LogP contribution in [0.1, 0.15) is 16.7 Å². The Balaban J connectivity index is 3.14. The average Bonchev–Trinajstić information content (AvgIpc) is 2.33. The molecule has 1 aromatic rings. The van der Waals surface area contributed by atoms with E-state index in [0.29, 0.717) is 12.1 Å². The molecular weight excluding hydrogens is 316 g/mol. The first-order valence-electron chi connectivity index (χ1n) is 5.79. The quantitative estimate of drug-likeness (QED) is 0.206. The summed E-state index contributed by atoms with van der Waals surface area (Å²) in [5.74, 6) is 5.08. The molecule has 0 saturated carbocycles. The second-order valence-corrected chi connectivity index (χ2v) is 4.40. The fourth-order valence-corrected chi connectivity index (χ4v) is 1.55. The number of hydrazine groups is 2. The third-order valence-electron chi connectivity index (χ3n) is 2.43. The first kappa shape index (κ1) is 18.0. The number of nitrogens with two attached hydrogens (primary N) is 2. The number of hydrogen-bond donors (Lipinski definition) is 4. The summed E-state index contributed by atoms with van der Waals surface area (Å²) in [4.78, 5) is 2.41. The Bertz CT molecular complexity index is 517. The summed E-state index contributed by atoms with van der Waals surface area (Å²) in [7, 11) is 1.39. The van der Waals surface area contributed by atoms with Crippen LogP contribution in [0.4, 0.5) is 26.3 Å². The van der Waals surface area contributed by atoms with E-state index in [1.807, 2.05) is 0 Å². The zero-order chi connectivity index (χ0) is 17.1. The number of guanidine groups is 1. The molecule has 0 heterocycles. The van der Waals surface area contributed by atoms with Crippen LogP contribution in [0.25, 0.3) is 0 Å². The summed E-state index contributed by atoms with van der Waals surface area (Å²) in [5, 5.41) is 0.954. The number of nitrogens with one attached hydrogen (secondary N) is 2. The largest absolute Gasteiger partial charge is 0.416 e. The minimum atomic E-state index is -4.89. The standard InChI is InChI=1S/C11H13F6N5/c1-22(19)21-9(18)20-5-6-2-7(10(12,13)14)4-8(3-6)11(15,16)17/h2-4H,5,19H2,1H3,(H3,18,20,21)/p+1. The lowest BCUT2D eigenvalue weighted by molar-refractivity contribution is -0.479. The minimum absolute atomic E-state index is 0.0580. The molecule has 0 aromatic heterocycles. The van der Waals surface area contributed by atoms with Gasteiger partial charge < -0.3 is 0 Å². The molecule has 0 atom stereocenters. The summed E-state index contributed by atoms with van der Waals surface area (Å²) in [6.45, 7) is -0.348. The van der Waals surface area contributed by atoms with Crippen LogP contribution in [0.15, 0.2) is 18.2 Å². The van der Waals surface area contributed by atoms with Crippen LogP contribution in [-0.4, -0.2) is 18.1 Å². The lowest BCUT2D eigenvalue weighted by Gasteiger charge is -2.13. The first-order chi connectivity index (χ1) is 9.89. The van der Waals surface area contributed by atoms with Gasteiger partial charge in [-0.2, -0.15) is 31.8 Å². The summed E-state index contributed by atoms with van der Waals surface area (Å²) in [6.07, 6.45) is -9.78. The molecular formula is C11H14F6N5+. The van der Waals surface area contributed by atoms with Crippen molar-refractivity contribution in [3.63, 3.8) is 0 Å². The predicted molar refractivity (Wildman–Crippen MR) is 65.4 cm³/mol. The van der Waals surface area contributed by atoms with E-state index in [4.69, 9.17) is 11.6 Å². The normalized spacial score (nSPS) is 13.6. The Morgan fingerprint density at radius 1 is 1.09 bits per heavy atom. The van der Waals surface area contributed by atoms with Gasteiger partial charge in [0.1, 0.15) is 0 Å². The van der Waals surface area contributed by atoms with Gasteiger partial charge in [0.25, 0.3) is 0 Å². The number of hydrogen-bond acceptors (Lipinski definition) is 2. The van der Waals surface area contributed by atoms with Crippen molar-refractivity contribution in [3.8, 4) is 0 Å². The second-order valence-electron chi connectivity index (χ2n) is 4.40. The Morgan fingerprint density at radius 3 is 1.91 bits per heavy atom. The van der Waals surface area contributed by atoms with Crippen LogP contribution in [-0.2, 0) is 18.9 Å². The van der Waals surface area contributed by atoms with Gasteiger partial charge in [-0.1, -0.05) is 0 Å². The monoisotopic (exact) mass is 330 g/mol. The third kappa shape index (κ3) is 5.41. The zero-order valence-corrected chi connectivity index (χ0v) is 11.3. The van der Waals surface area contributed by atoms with Crippen molar-refractivity contribution in [1.82, 2.24) is 10.5 Å². The molecule has 0 radical (unpaired) electrons. The lowest BCUT2D eigenvalue weighted by Crippen LogP contribution is -2.78. The second kappa shape index (κ2) is 6.40. The third-order valence-corrected chi connectivity index (χ3v) is 2.43. The summed E-state index contributed by atoms with van der Waals surface area (Å²) < 4.78 is 75.9. The maximum absolute atomic E-state index is 12.7. The van der Waals surface area contributed by atoms with Gasteiger partial charge in [0, 0.05) is 7.05 Å². The van der Waals surface area contributed by atoms with Crippen molar-refractivity contribution in [2.24, 2.45) is 11.6 Å². The van der Waals surface area contributed by atoms with Crippen molar-refractivity contribution in [2.75, 3.05) is 7.05 Å². The van der Waals surface area contributed by atoms with E-state index in [2.05, 4.69) is 10.4 Å². The highest BCUT2D eigenvalue weighted by Gasteiger charge is 2.36. The number of rotatable bonds is 3. The Labute approximate surface area is 121 Å². The highest BCUT2D eigenvalue weighted by atomic mass is 19.4. The molecule has 0 unspecified atom stereocenters. The highest BCUT2D eigenvalue weighted by molar-refractivity contribution is 5.70. The molecule has 0 amide bonds. The van der Waals surface area contributed by atoms with Gasteiger partial charge in [0.05, 0.1) is 17.7 Å². The molecule has 0 fully saturated rings. The van der Waals surface area contributed by atoms with Crippen LogP contribution in [0.3, 0.4) is 0 Å². The van der Waals surface area contributed by atoms with E-state index in [1.165, 1.54) is 7.05 Å². The van der Waals surface area contributed by atoms with Gasteiger partial charge in [-0.15, -0.1) is 5.12 Å². The summed E-state index contributed by atoms with van der Waals surface area (Å²) in [6, 6.07) is 1.28. The zero-order valence-electron chi connectivity index (χ0n) is 11.3. The van der Waals surface area contributed by atoms with Crippen molar-refractivity contribution < 1.29 is 31.3 Å². The molecule has 11 heteroatoms. The SMILES string of the molecule is CN(N)NC(N)=[NH+]Cc1cc(C(F)(F)F)cc(C(F)(F)F)c1. The van der Waals surface area contributed by atoms with E-state index >= 15 is 0 Å². The summed E-state index contributed by atoms with van der Waals surface area (Å²) in [5.41, 5.74) is 4.75. The van der Waals surface area contributed by atoms with E-state index in [0.717, 1.165) is 5.12 Å². The first-order valence-corrected chi connectivity index (χ1v) is 5.79. The van der Waals surface area contributed by atoms with Crippen LogP contribution in [0.5, 0.6) is 0 Å². The molecule has 0 saturated heterocycles. The number of nitrogens with zero attached hydrogens (tertiary/aromatic N) is 1. The number of benzene rings is 1. The van der Waals surface area contributed by atoms with Gasteiger partial charge in [0.2, 0.25) is 0 Å². The number of halogens is 6. The van der Waals surface area contributed by atoms with Crippen molar-refractivity contribution in [2.45, 2.75) is 18.9 Å². The Hall–Kier alpha value is -2.01. The Kier molecular flexibility index (Phi) is 5.25. The van der Waals surface area contributed by atoms with E-state index in [1.54, 1.807) is 0 Å². The highest BCUT2D eigenvalue weighted by Crippen LogP contribution is 2.36. The Morgan fingerprint density at radius 2 is 1.55 bits per heavy atom. The minimum Gasteiger partial charge on any atom is -0.289 e. The van der Waals surface area contributed by atoms with E-state index in [-0.39, 0.29) is 24.1 Å². The van der Waals surface area contributed by atoms with Gasteiger partial charge in [-0.3, -0.25) is 10.7 Å². The molecule has 5 nitrogen and oxygen atoms in total. The average molecular weight is 330 g/mol. The maximum atomic E-state index is 12.7. The van der Waals surface area contributed by atoms with E-state index < -0.39 is 23.5 Å². The molecule has 0 spiro atoms. The number of alkyl halides is 6. The molecule has 1 rings (SSSR count). The van der Waals surface area contributed by atoms with Crippen LogP contribution < -0.4 is 22.0 Å². The molecule has 0 aliphatic carbocycles. The van der Waals surface area contributed by atoms with Crippen LogP contribution >= 0.6 is 0 Å². The van der Waals surface area contributed by atoms with Crippen LogP contribution in [0, 0.1) is 0 Å². The topological polar surface area (TPSA) is 81.3 Å². The molecule has 1 aromatic carbocycles. The maximum Gasteiger partial charge on any atom is 0.416 e. The van der Waals surface area contributed by atoms with Crippen molar-refractivity contribution >= 4 is 5.96 Å². The molecule has 22 heavy (non-hydrogen) atoms. The fraction of sp³-hybridized carbons (Fsp3) is 0.364. The smallest absolute Gasteiger partial charge is 0.289 e.